The van der Waals surface area contributed by atoms with Crippen molar-refractivity contribution in [3.8, 4) is 0 Å². The van der Waals surface area contributed by atoms with Gasteiger partial charge in [0.25, 0.3) is 8.32 Å². The van der Waals surface area contributed by atoms with E-state index < -0.39 is 45.5 Å². The highest BCUT2D eigenvalue weighted by Gasteiger charge is 2.53. The zero-order valence-electron chi connectivity index (χ0n) is 32.1. The molecule has 0 spiro atoms. The van der Waals surface area contributed by atoms with Gasteiger partial charge in [-0.15, -0.1) is 0 Å². The second-order valence-corrected chi connectivity index (χ2v) is 24.0. The first kappa shape index (κ1) is 40.0. The topological polar surface area (TPSA) is 76.7 Å². The van der Waals surface area contributed by atoms with E-state index in [1.54, 1.807) is 0 Å². The number of carbonyl (C=O) groups is 2. The first-order chi connectivity index (χ1) is 24.0. The Morgan fingerprint density at radius 3 is 1.45 bits per heavy atom. The smallest absolute Gasteiger partial charge is 0.408 e. The van der Waals surface area contributed by atoms with Crippen LogP contribution in [0.4, 0.5) is 4.79 Å². The van der Waals surface area contributed by atoms with Gasteiger partial charge in [-0.05, 0) is 73.3 Å². The van der Waals surface area contributed by atoms with Gasteiger partial charge in [0.15, 0.2) is 0 Å². The molecular formula is C43H58N2O4PSi+. The maximum atomic E-state index is 14.4. The number of benzene rings is 4. The third-order valence-corrected chi connectivity index (χ3v) is 18.6. The van der Waals surface area contributed by atoms with Crippen LogP contribution in [0.25, 0.3) is 0 Å². The Bertz CT molecular complexity index is 1610. The van der Waals surface area contributed by atoms with E-state index in [4.69, 9.17) is 9.16 Å². The Hall–Kier alpha value is -3.77. The molecule has 0 radical (unpaired) electrons. The highest BCUT2D eigenvalue weighted by Crippen LogP contribution is 2.53. The standard InChI is InChI=1S/C43H57N2O4PSi/c1-32(2)39(45-41(47)48-42(4,5)6)40(46)44-38(31-50(10,34-23-15-11-16-24-34)35-25-17-12-18-26-35)33(3)49-51(43(7,8)9,36-27-19-13-20-28-36)37-29-21-14-22-30-37/h11-30,32-33,38-39H,31H2,1-10H3,(H-,44,45,46,47)/p+1/t33?,38-,39?/m1/s1. The molecule has 0 aliphatic heterocycles. The lowest BCUT2D eigenvalue weighted by Crippen LogP contribution is -2.69. The Morgan fingerprint density at radius 2 is 1.08 bits per heavy atom. The van der Waals surface area contributed by atoms with Crippen LogP contribution in [0.3, 0.4) is 0 Å². The van der Waals surface area contributed by atoms with Crippen LogP contribution in [-0.4, -0.2) is 56.9 Å². The maximum Gasteiger partial charge on any atom is 0.408 e. The van der Waals surface area contributed by atoms with Gasteiger partial charge in [0.1, 0.15) is 11.6 Å². The molecule has 0 saturated carbocycles. The van der Waals surface area contributed by atoms with Crippen LogP contribution in [0.15, 0.2) is 121 Å². The predicted octanol–water partition coefficient (Wildman–Crippen LogP) is 7.28. The van der Waals surface area contributed by atoms with Gasteiger partial charge in [-0.1, -0.05) is 132 Å². The van der Waals surface area contributed by atoms with Gasteiger partial charge in [0, 0.05) is 0 Å². The molecule has 0 heterocycles. The number of hydrogen-bond acceptors (Lipinski definition) is 4. The Kier molecular flexibility index (Phi) is 13.1. The SMILES string of the molecule is CC(C)C(NC(=O)OC(C)(C)C)C(=O)N[C@H](C[P+](C)(c1ccccc1)c1ccccc1)C(C)O[Si](c1ccccc1)(c1ccccc1)C(C)(C)C. The van der Waals surface area contributed by atoms with E-state index in [0.717, 1.165) is 0 Å². The molecule has 4 aromatic carbocycles. The van der Waals surface area contributed by atoms with Crippen molar-refractivity contribution in [3.63, 3.8) is 0 Å². The molecule has 2 N–H and O–H groups in total. The lowest BCUT2D eigenvalue weighted by atomic mass is 10.0. The maximum absolute atomic E-state index is 14.4. The van der Waals surface area contributed by atoms with E-state index in [1.165, 1.54) is 21.0 Å². The minimum atomic E-state index is -2.99. The van der Waals surface area contributed by atoms with Crippen molar-refractivity contribution >= 4 is 48.6 Å². The second-order valence-electron chi connectivity index (χ2n) is 16.0. The highest BCUT2D eigenvalue weighted by atomic mass is 31.2. The lowest BCUT2D eigenvalue weighted by Gasteiger charge is -2.46. The van der Waals surface area contributed by atoms with E-state index in [2.05, 4.69) is 142 Å². The summed E-state index contributed by atoms with van der Waals surface area (Å²) in [6, 6.07) is 41.2. The summed E-state index contributed by atoms with van der Waals surface area (Å²) in [5.41, 5.74) is -0.694. The van der Waals surface area contributed by atoms with Gasteiger partial charge in [0.2, 0.25) is 5.91 Å². The number of carbonyl (C=O) groups excluding carboxylic acids is 2. The Morgan fingerprint density at radius 1 is 0.667 bits per heavy atom. The Balaban J connectivity index is 1.86. The van der Waals surface area contributed by atoms with Gasteiger partial charge in [-0.25, -0.2) is 4.79 Å². The second kappa shape index (κ2) is 16.7. The van der Waals surface area contributed by atoms with Gasteiger partial charge in [0.05, 0.1) is 42.8 Å². The van der Waals surface area contributed by atoms with Gasteiger partial charge >= 0.3 is 6.09 Å². The van der Waals surface area contributed by atoms with E-state index >= 15 is 0 Å². The van der Waals surface area contributed by atoms with E-state index in [-0.39, 0.29) is 16.9 Å². The summed E-state index contributed by atoms with van der Waals surface area (Å²) in [5, 5.41) is 10.9. The largest absolute Gasteiger partial charge is 0.444 e. The van der Waals surface area contributed by atoms with Crippen molar-refractivity contribution in [1.82, 2.24) is 10.6 Å². The fraction of sp³-hybridized carbons (Fsp3) is 0.395. The number of nitrogens with one attached hydrogen (secondary N) is 2. The van der Waals surface area contributed by atoms with Crippen LogP contribution in [0.5, 0.6) is 0 Å². The summed E-state index contributed by atoms with van der Waals surface area (Å²) in [7, 11) is -5.08. The number of hydrogen-bond donors (Lipinski definition) is 2. The summed E-state index contributed by atoms with van der Waals surface area (Å²) in [6.45, 7) is 20.6. The average molecular weight is 726 g/mol. The molecule has 0 aromatic heterocycles. The van der Waals surface area contributed by atoms with Gasteiger partial charge in [-0.2, -0.15) is 0 Å². The van der Waals surface area contributed by atoms with Crippen LogP contribution in [0.2, 0.25) is 5.04 Å². The molecule has 0 bridgehead atoms. The first-order valence-electron chi connectivity index (χ1n) is 18.0. The molecule has 0 saturated heterocycles. The molecule has 8 heteroatoms. The number of rotatable bonds is 13. The van der Waals surface area contributed by atoms with Crippen molar-refractivity contribution < 1.29 is 18.8 Å². The van der Waals surface area contributed by atoms with Crippen LogP contribution in [-0.2, 0) is 14.0 Å². The van der Waals surface area contributed by atoms with Crippen LogP contribution >= 0.6 is 7.26 Å². The monoisotopic (exact) mass is 725 g/mol. The van der Waals surface area contributed by atoms with Crippen LogP contribution in [0, 0.1) is 5.92 Å². The van der Waals surface area contributed by atoms with E-state index in [0.29, 0.717) is 6.16 Å². The fourth-order valence-electron chi connectivity index (χ4n) is 6.87. The summed E-state index contributed by atoms with van der Waals surface area (Å²) in [5.74, 6) is -0.443. The summed E-state index contributed by atoms with van der Waals surface area (Å²) in [6.07, 6.45) is -0.361. The zero-order chi connectivity index (χ0) is 37.5. The van der Waals surface area contributed by atoms with Crippen LogP contribution in [0.1, 0.15) is 62.3 Å². The highest BCUT2D eigenvalue weighted by molar-refractivity contribution is 7.89. The van der Waals surface area contributed by atoms with Crippen LogP contribution < -0.4 is 31.6 Å². The quantitative estimate of drug-likeness (QED) is 0.112. The first-order valence-corrected chi connectivity index (χ1v) is 22.4. The molecule has 272 valence electrons. The van der Waals surface area contributed by atoms with Crippen molar-refractivity contribution in [1.29, 1.82) is 0 Å². The van der Waals surface area contributed by atoms with Crippen molar-refractivity contribution in [2.75, 3.05) is 12.8 Å². The predicted molar refractivity (Wildman–Crippen MR) is 218 cm³/mol. The van der Waals surface area contributed by atoms with Crippen molar-refractivity contribution in [2.24, 2.45) is 5.92 Å². The molecule has 0 fully saturated rings. The molecule has 4 rings (SSSR count). The van der Waals surface area contributed by atoms with Gasteiger partial charge in [-0.3, -0.25) is 4.79 Å². The van der Waals surface area contributed by atoms with Crippen molar-refractivity contribution in [2.45, 2.75) is 91.1 Å². The summed E-state index contributed by atoms with van der Waals surface area (Å²) in [4.78, 5) is 27.4. The minimum Gasteiger partial charge on any atom is -0.444 e. The summed E-state index contributed by atoms with van der Waals surface area (Å²) < 4.78 is 13.2. The minimum absolute atomic E-state index is 0.185. The third-order valence-electron chi connectivity index (χ3n) is 9.51. The molecule has 4 aromatic rings. The van der Waals surface area contributed by atoms with Gasteiger partial charge < -0.3 is 19.8 Å². The number of ether oxygens (including phenoxy) is 1. The molecule has 2 unspecified atom stereocenters. The third kappa shape index (κ3) is 9.77. The van der Waals surface area contributed by atoms with E-state index in [1.807, 2.05) is 58.9 Å². The molecular weight excluding hydrogens is 668 g/mol. The average Bonchev–Trinajstić information content (AvgIpc) is 3.09. The molecule has 0 aliphatic rings. The number of amides is 2. The van der Waals surface area contributed by atoms with E-state index in [9.17, 15) is 9.59 Å². The Labute approximate surface area is 308 Å². The zero-order valence-corrected chi connectivity index (χ0v) is 34.0. The molecule has 3 atom stereocenters. The lowest BCUT2D eigenvalue weighted by molar-refractivity contribution is -0.125. The molecule has 0 aliphatic carbocycles. The fourth-order valence-corrected chi connectivity index (χ4v) is 15.2. The molecule has 51 heavy (non-hydrogen) atoms. The molecule has 2 amide bonds. The van der Waals surface area contributed by atoms with Crippen molar-refractivity contribution in [3.05, 3.63) is 121 Å². The summed E-state index contributed by atoms with van der Waals surface area (Å²) >= 11 is 0. The molecule has 6 nitrogen and oxygen atoms in total. The number of alkyl carbamates (subject to hydrolysis) is 1. The normalized spacial score (nSPS) is 14.3.